The number of nitrogens with two attached hydrogens (primary N) is 1. The van der Waals surface area contributed by atoms with E-state index in [1.54, 1.807) is 0 Å². The van der Waals surface area contributed by atoms with Gasteiger partial charge < -0.3 is 5.73 Å². The Morgan fingerprint density at radius 3 is 2.22 bits per heavy atom. The zero-order chi connectivity index (χ0) is 16.9. The van der Waals surface area contributed by atoms with Crippen molar-refractivity contribution in [2.24, 2.45) is 5.73 Å². The van der Waals surface area contributed by atoms with Crippen LogP contribution < -0.4 is 5.73 Å². The molecule has 2 rings (SSSR count). The summed E-state index contributed by atoms with van der Waals surface area (Å²) in [5, 5.41) is 0.440. The maximum atomic E-state index is 12.7. The standard InChI is InChI=1S/C16H17ClN2O3S/c17-14-6-8-15(9-7-14)23(21,22)19(12-16(18)20)11-10-13-4-2-1-3-5-13/h1-9H,10-12H2,(H2,18,20). The van der Waals surface area contributed by atoms with Gasteiger partial charge in [0, 0.05) is 11.6 Å². The summed E-state index contributed by atoms with van der Waals surface area (Å²) in [7, 11) is -3.81. The van der Waals surface area contributed by atoms with E-state index in [1.807, 2.05) is 30.3 Å². The van der Waals surface area contributed by atoms with Crippen molar-refractivity contribution in [1.82, 2.24) is 4.31 Å². The molecule has 0 fully saturated rings. The highest BCUT2D eigenvalue weighted by molar-refractivity contribution is 7.89. The van der Waals surface area contributed by atoms with Gasteiger partial charge in [0.25, 0.3) is 0 Å². The zero-order valence-corrected chi connectivity index (χ0v) is 13.9. The highest BCUT2D eigenvalue weighted by Crippen LogP contribution is 2.19. The zero-order valence-electron chi connectivity index (χ0n) is 12.4. The fourth-order valence-corrected chi connectivity index (χ4v) is 3.65. The van der Waals surface area contributed by atoms with Gasteiger partial charge in [0.2, 0.25) is 15.9 Å². The van der Waals surface area contributed by atoms with Crippen LogP contribution in [0, 0.1) is 0 Å². The number of hydrogen-bond donors (Lipinski definition) is 1. The molecule has 0 aliphatic heterocycles. The fraction of sp³-hybridized carbons (Fsp3) is 0.188. The third-order valence-electron chi connectivity index (χ3n) is 3.28. The van der Waals surface area contributed by atoms with Crippen LogP contribution in [-0.4, -0.2) is 31.7 Å². The topological polar surface area (TPSA) is 80.5 Å². The van der Waals surface area contributed by atoms with E-state index in [9.17, 15) is 13.2 Å². The number of carbonyl (C=O) groups is 1. The van der Waals surface area contributed by atoms with Gasteiger partial charge in [-0.05, 0) is 36.2 Å². The molecule has 0 unspecified atom stereocenters. The average Bonchev–Trinajstić information content (AvgIpc) is 2.52. The molecule has 5 nitrogen and oxygen atoms in total. The first-order valence-electron chi connectivity index (χ1n) is 6.97. The van der Waals surface area contributed by atoms with Crippen LogP contribution in [0.1, 0.15) is 5.56 Å². The molecule has 0 radical (unpaired) electrons. The van der Waals surface area contributed by atoms with Crippen molar-refractivity contribution in [1.29, 1.82) is 0 Å². The molecule has 1 amide bonds. The Hall–Kier alpha value is -1.89. The van der Waals surface area contributed by atoms with Gasteiger partial charge in [0.05, 0.1) is 11.4 Å². The van der Waals surface area contributed by atoms with E-state index in [0.29, 0.717) is 11.4 Å². The predicted molar refractivity (Wildman–Crippen MR) is 89.6 cm³/mol. The minimum Gasteiger partial charge on any atom is -0.369 e. The number of sulfonamides is 1. The van der Waals surface area contributed by atoms with E-state index in [2.05, 4.69) is 0 Å². The highest BCUT2D eigenvalue weighted by atomic mass is 35.5. The molecule has 0 saturated carbocycles. The number of halogens is 1. The van der Waals surface area contributed by atoms with Gasteiger partial charge in [0.15, 0.2) is 0 Å². The van der Waals surface area contributed by atoms with Crippen LogP contribution in [0.5, 0.6) is 0 Å². The molecule has 0 atom stereocenters. The number of carbonyl (C=O) groups excluding carboxylic acids is 1. The normalized spacial score (nSPS) is 11.6. The summed E-state index contributed by atoms with van der Waals surface area (Å²) < 4.78 is 26.4. The molecular formula is C16H17ClN2O3S. The minimum atomic E-state index is -3.81. The Labute approximate surface area is 140 Å². The molecule has 122 valence electrons. The molecule has 2 N–H and O–H groups in total. The quantitative estimate of drug-likeness (QED) is 0.828. The molecule has 0 aliphatic carbocycles. The van der Waals surface area contributed by atoms with E-state index < -0.39 is 15.9 Å². The molecule has 7 heteroatoms. The van der Waals surface area contributed by atoms with Gasteiger partial charge in [-0.2, -0.15) is 4.31 Å². The van der Waals surface area contributed by atoms with Gasteiger partial charge in [0.1, 0.15) is 0 Å². The van der Waals surface area contributed by atoms with Gasteiger partial charge in [-0.15, -0.1) is 0 Å². The Balaban J connectivity index is 2.22. The first-order chi connectivity index (χ1) is 10.9. The minimum absolute atomic E-state index is 0.0798. The third-order valence-corrected chi connectivity index (χ3v) is 5.39. The van der Waals surface area contributed by atoms with E-state index in [4.69, 9.17) is 17.3 Å². The summed E-state index contributed by atoms with van der Waals surface area (Å²) in [6.07, 6.45) is 0.487. The van der Waals surface area contributed by atoms with Crippen molar-refractivity contribution in [3.05, 3.63) is 65.2 Å². The molecule has 0 aromatic heterocycles. The summed E-state index contributed by atoms with van der Waals surface area (Å²) in [6, 6.07) is 15.2. The molecule has 23 heavy (non-hydrogen) atoms. The molecule has 2 aromatic carbocycles. The van der Waals surface area contributed by atoms with Gasteiger partial charge >= 0.3 is 0 Å². The Kier molecular flexibility index (Phi) is 5.76. The molecule has 0 bridgehead atoms. The molecular weight excluding hydrogens is 336 g/mol. The van der Waals surface area contributed by atoms with Crippen molar-refractivity contribution in [2.45, 2.75) is 11.3 Å². The van der Waals surface area contributed by atoms with Crippen LogP contribution in [0.4, 0.5) is 0 Å². The maximum absolute atomic E-state index is 12.7. The van der Waals surface area contributed by atoms with Crippen molar-refractivity contribution >= 4 is 27.5 Å². The summed E-state index contributed by atoms with van der Waals surface area (Å²) in [5.41, 5.74) is 6.17. The van der Waals surface area contributed by atoms with E-state index >= 15 is 0 Å². The van der Waals surface area contributed by atoms with Crippen molar-refractivity contribution in [3.8, 4) is 0 Å². The summed E-state index contributed by atoms with van der Waals surface area (Å²) >= 11 is 5.78. The van der Waals surface area contributed by atoms with Crippen LogP contribution in [0.2, 0.25) is 5.02 Å². The maximum Gasteiger partial charge on any atom is 0.243 e. The average molecular weight is 353 g/mol. The number of benzene rings is 2. The lowest BCUT2D eigenvalue weighted by molar-refractivity contribution is -0.118. The van der Waals surface area contributed by atoms with Crippen LogP contribution in [0.25, 0.3) is 0 Å². The summed E-state index contributed by atoms with van der Waals surface area (Å²) in [5.74, 6) is -0.699. The Morgan fingerprint density at radius 1 is 1.04 bits per heavy atom. The van der Waals surface area contributed by atoms with E-state index in [-0.39, 0.29) is 18.0 Å². The van der Waals surface area contributed by atoms with Gasteiger partial charge in [-0.25, -0.2) is 8.42 Å². The van der Waals surface area contributed by atoms with E-state index in [0.717, 1.165) is 9.87 Å². The van der Waals surface area contributed by atoms with Gasteiger partial charge in [-0.3, -0.25) is 4.79 Å². The number of nitrogens with zero attached hydrogens (tertiary/aromatic N) is 1. The van der Waals surface area contributed by atoms with Crippen LogP contribution in [0.3, 0.4) is 0 Å². The largest absolute Gasteiger partial charge is 0.369 e. The van der Waals surface area contributed by atoms with Crippen molar-refractivity contribution < 1.29 is 13.2 Å². The second-order valence-electron chi connectivity index (χ2n) is 4.99. The first-order valence-corrected chi connectivity index (χ1v) is 8.79. The molecule has 0 saturated heterocycles. The Morgan fingerprint density at radius 2 is 1.65 bits per heavy atom. The number of amides is 1. The number of primary amides is 1. The summed E-state index contributed by atoms with van der Waals surface area (Å²) in [4.78, 5) is 11.3. The Bertz CT molecular complexity index is 762. The van der Waals surface area contributed by atoms with Crippen molar-refractivity contribution in [3.63, 3.8) is 0 Å². The smallest absolute Gasteiger partial charge is 0.243 e. The second kappa shape index (κ2) is 7.59. The van der Waals surface area contributed by atoms with E-state index in [1.165, 1.54) is 24.3 Å². The van der Waals surface area contributed by atoms with Crippen LogP contribution >= 0.6 is 11.6 Å². The lowest BCUT2D eigenvalue weighted by Crippen LogP contribution is -2.39. The molecule has 0 aliphatic rings. The number of hydrogen-bond acceptors (Lipinski definition) is 3. The SMILES string of the molecule is NC(=O)CN(CCc1ccccc1)S(=O)(=O)c1ccc(Cl)cc1. The van der Waals surface area contributed by atoms with Gasteiger partial charge in [-0.1, -0.05) is 41.9 Å². The van der Waals surface area contributed by atoms with Crippen molar-refractivity contribution in [2.75, 3.05) is 13.1 Å². The lowest BCUT2D eigenvalue weighted by Gasteiger charge is -2.21. The fourth-order valence-electron chi connectivity index (χ4n) is 2.11. The monoisotopic (exact) mass is 352 g/mol. The first kappa shape index (κ1) is 17.5. The molecule has 2 aromatic rings. The highest BCUT2D eigenvalue weighted by Gasteiger charge is 2.25. The van der Waals surface area contributed by atoms with Crippen LogP contribution in [-0.2, 0) is 21.2 Å². The second-order valence-corrected chi connectivity index (χ2v) is 7.37. The predicted octanol–water partition coefficient (Wildman–Crippen LogP) is 2.06. The van der Waals surface area contributed by atoms with Crippen LogP contribution in [0.15, 0.2) is 59.5 Å². The number of rotatable bonds is 7. The third kappa shape index (κ3) is 4.79. The summed E-state index contributed by atoms with van der Waals surface area (Å²) in [6.45, 7) is -0.199. The lowest BCUT2D eigenvalue weighted by atomic mass is 10.1. The molecule has 0 spiro atoms. The molecule has 0 heterocycles.